The van der Waals surface area contributed by atoms with Crippen LogP contribution in [0.15, 0.2) is 4.99 Å². The molecule has 2 aliphatic rings. The number of rotatable bonds is 7. The van der Waals surface area contributed by atoms with Gasteiger partial charge in [0.05, 0.1) is 18.8 Å². The van der Waals surface area contributed by atoms with Crippen LogP contribution in [0.3, 0.4) is 0 Å². The van der Waals surface area contributed by atoms with Gasteiger partial charge in [0.15, 0.2) is 5.96 Å². The van der Waals surface area contributed by atoms with Crippen molar-refractivity contribution in [3.05, 3.63) is 0 Å². The largest absolute Gasteiger partial charge is 0.376 e. The van der Waals surface area contributed by atoms with Crippen LogP contribution < -0.4 is 5.32 Å². The van der Waals surface area contributed by atoms with Crippen LogP contribution in [-0.2, 0) is 9.47 Å². The molecule has 2 saturated heterocycles. The van der Waals surface area contributed by atoms with Crippen molar-refractivity contribution in [2.75, 3.05) is 53.5 Å². The molecule has 0 aromatic heterocycles. The predicted molar refractivity (Wildman–Crippen MR) is 103 cm³/mol. The van der Waals surface area contributed by atoms with E-state index in [0.29, 0.717) is 18.2 Å². The van der Waals surface area contributed by atoms with Gasteiger partial charge in [-0.05, 0) is 53.0 Å². The van der Waals surface area contributed by atoms with Crippen LogP contribution in [0.25, 0.3) is 0 Å². The molecule has 1 unspecified atom stereocenters. The lowest BCUT2D eigenvalue weighted by Crippen LogP contribution is -2.48. The van der Waals surface area contributed by atoms with E-state index in [2.05, 4.69) is 41.0 Å². The first kappa shape index (κ1) is 20.5. The van der Waals surface area contributed by atoms with Gasteiger partial charge in [-0.2, -0.15) is 0 Å². The fraction of sp³-hybridized carbons (Fsp3) is 0.947. The monoisotopic (exact) mass is 354 g/mol. The highest BCUT2D eigenvalue weighted by molar-refractivity contribution is 5.79. The van der Waals surface area contributed by atoms with Crippen molar-refractivity contribution in [1.29, 1.82) is 0 Å². The smallest absolute Gasteiger partial charge is 0.193 e. The summed E-state index contributed by atoms with van der Waals surface area (Å²) in [5.74, 6) is 1.02. The summed E-state index contributed by atoms with van der Waals surface area (Å²) in [6.07, 6.45) is 6.46. The van der Waals surface area contributed by atoms with Gasteiger partial charge in [-0.3, -0.25) is 4.99 Å². The minimum atomic E-state index is 0.319. The number of piperidine rings is 1. The normalized spacial score (nSPS) is 23.5. The quantitative estimate of drug-likeness (QED) is 0.559. The molecule has 0 aromatic carbocycles. The second kappa shape index (κ2) is 11.0. The van der Waals surface area contributed by atoms with Crippen LogP contribution in [-0.4, -0.2) is 87.5 Å². The summed E-state index contributed by atoms with van der Waals surface area (Å²) in [5.41, 5.74) is 0. The van der Waals surface area contributed by atoms with Crippen molar-refractivity contribution in [1.82, 2.24) is 15.1 Å². The zero-order valence-corrected chi connectivity index (χ0v) is 16.7. The van der Waals surface area contributed by atoms with Crippen molar-refractivity contribution in [3.8, 4) is 0 Å². The molecular formula is C19H38N4O2. The SMILES string of the molecule is CN=C(NCCN(C)C(C)C)N1CCC(OCC2CCCCO2)CC1. The van der Waals surface area contributed by atoms with Crippen molar-refractivity contribution < 1.29 is 9.47 Å². The predicted octanol–water partition coefficient (Wildman–Crippen LogP) is 1.95. The van der Waals surface area contributed by atoms with Gasteiger partial charge in [0.1, 0.15) is 0 Å². The van der Waals surface area contributed by atoms with E-state index in [1.807, 2.05) is 7.05 Å². The molecule has 146 valence electrons. The van der Waals surface area contributed by atoms with Crippen molar-refractivity contribution in [2.45, 2.75) is 64.2 Å². The molecule has 25 heavy (non-hydrogen) atoms. The maximum atomic E-state index is 6.10. The summed E-state index contributed by atoms with van der Waals surface area (Å²) >= 11 is 0. The molecule has 0 aliphatic carbocycles. The van der Waals surface area contributed by atoms with Gasteiger partial charge in [0.2, 0.25) is 0 Å². The van der Waals surface area contributed by atoms with E-state index < -0.39 is 0 Å². The van der Waals surface area contributed by atoms with E-state index in [-0.39, 0.29) is 0 Å². The average molecular weight is 355 g/mol. The molecule has 0 amide bonds. The van der Waals surface area contributed by atoms with Crippen molar-refractivity contribution in [2.24, 2.45) is 4.99 Å². The third-order valence-electron chi connectivity index (χ3n) is 5.37. The van der Waals surface area contributed by atoms with Gasteiger partial charge < -0.3 is 24.6 Å². The Balaban J connectivity index is 1.63. The van der Waals surface area contributed by atoms with Crippen molar-refractivity contribution >= 4 is 5.96 Å². The van der Waals surface area contributed by atoms with Gasteiger partial charge in [-0.25, -0.2) is 0 Å². The maximum Gasteiger partial charge on any atom is 0.193 e. The third kappa shape index (κ3) is 7.12. The number of hydrogen-bond acceptors (Lipinski definition) is 4. The highest BCUT2D eigenvalue weighted by Crippen LogP contribution is 2.17. The van der Waals surface area contributed by atoms with E-state index in [1.165, 1.54) is 12.8 Å². The Morgan fingerprint density at radius 1 is 1.28 bits per heavy atom. The molecule has 2 rings (SSSR count). The standard InChI is InChI=1S/C19H38N4O2/c1-16(2)22(4)13-10-21-19(20-3)23-11-8-17(9-12-23)25-15-18-7-5-6-14-24-18/h16-18H,5-15H2,1-4H3,(H,20,21). The Labute approximate surface area is 153 Å². The highest BCUT2D eigenvalue weighted by atomic mass is 16.5. The lowest BCUT2D eigenvalue weighted by atomic mass is 10.1. The Kier molecular flexibility index (Phi) is 8.99. The lowest BCUT2D eigenvalue weighted by molar-refractivity contribution is -0.0721. The molecule has 0 aromatic rings. The molecule has 2 aliphatic heterocycles. The second-order valence-electron chi connectivity index (χ2n) is 7.56. The number of ether oxygens (including phenoxy) is 2. The fourth-order valence-electron chi connectivity index (χ4n) is 3.35. The van der Waals surface area contributed by atoms with E-state index in [9.17, 15) is 0 Å². The van der Waals surface area contributed by atoms with Crippen LogP contribution in [0.5, 0.6) is 0 Å². The molecule has 0 radical (unpaired) electrons. The molecule has 0 bridgehead atoms. The number of guanidine groups is 1. The van der Waals surface area contributed by atoms with Crippen LogP contribution in [0.1, 0.15) is 46.0 Å². The maximum absolute atomic E-state index is 6.10. The molecule has 6 heteroatoms. The molecule has 0 spiro atoms. The number of likely N-dealkylation sites (N-methyl/N-ethyl adjacent to an activating group) is 1. The van der Waals surface area contributed by atoms with Gasteiger partial charge in [-0.1, -0.05) is 0 Å². The highest BCUT2D eigenvalue weighted by Gasteiger charge is 2.23. The van der Waals surface area contributed by atoms with Crippen LogP contribution in [0.2, 0.25) is 0 Å². The summed E-state index contributed by atoms with van der Waals surface area (Å²) in [4.78, 5) is 9.14. The first-order valence-electron chi connectivity index (χ1n) is 9.99. The minimum Gasteiger partial charge on any atom is -0.376 e. The molecule has 1 atom stereocenters. The van der Waals surface area contributed by atoms with Gasteiger partial charge in [0.25, 0.3) is 0 Å². The Hall–Kier alpha value is -0.850. The third-order valence-corrected chi connectivity index (χ3v) is 5.37. The van der Waals surface area contributed by atoms with E-state index >= 15 is 0 Å². The van der Waals surface area contributed by atoms with Crippen LogP contribution in [0.4, 0.5) is 0 Å². The molecule has 6 nitrogen and oxygen atoms in total. The number of hydrogen-bond donors (Lipinski definition) is 1. The molecule has 0 saturated carbocycles. The first-order valence-corrected chi connectivity index (χ1v) is 9.99. The number of likely N-dealkylation sites (tertiary alicyclic amines) is 1. The molecule has 2 heterocycles. The first-order chi connectivity index (χ1) is 12.1. The minimum absolute atomic E-state index is 0.319. The molecular weight excluding hydrogens is 316 g/mol. The summed E-state index contributed by atoms with van der Waals surface area (Å²) in [6.45, 7) is 10.1. The Bertz CT molecular complexity index is 389. The van der Waals surface area contributed by atoms with Crippen molar-refractivity contribution in [3.63, 3.8) is 0 Å². The summed E-state index contributed by atoms with van der Waals surface area (Å²) in [7, 11) is 4.03. The summed E-state index contributed by atoms with van der Waals surface area (Å²) in [5, 5.41) is 3.50. The number of aliphatic imine (C=N–C) groups is 1. The number of nitrogens with zero attached hydrogens (tertiary/aromatic N) is 3. The fourth-order valence-corrected chi connectivity index (χ4v) is 3.35. The zero-order valence-electron chi connectivity index (χ0n) is 16.7. The van der Waals surface area contributed by atoms with Crippen LogP contribution >= 0.6 is 0 Å². The second-order valence-corrected chi connectivity index (χ2v) is 7.56. The zero-order chi connectivity index (χ0) is 18.1. The summed E-state index contributed by atoms with van der Waals surface area (Å²) < 4.78 is 11.9. The Morgan fingerprint density at radius 2 is 2.04 bits per heavy atom. The number of nitrogens with one attached hydrogen (secondary N) is 1. The summed E-state index contributed by atoms with van der Waals surface area (Å²) in [6, 6.07) is 0.574. The van der Waals surface area contributed by atoms with Gasteiger partial charge in [0, 0.05) is 45.9 Å². The molecule has 2 fully saturated rings. The lowest BCUT2D eigenvalue weighted by Gasteiger charge is -2.35. The average Bonchev–Trinajstić information content (AvgIpc) is 2.64. The topological polar surface area (TPSA) is 49.3 Å². The van der Waals surface area contributed by atoms with Gasteiger partial charge >= 0.3 is 0 Å². The van der Waals surface area contributed by atoms with E-state index in [1.54, 1.807) is 0 Å². The molecule has 1 N–H and O–H groups in total. The van der Waals surface area contributed by atoms with E-state index in [0.717, 1.165) is 64.6 Å². The Morgan fingerprint density at radius 3 is 2.64 bits per heavy atom. The van der Waals surface area contributed by atoms with Crippen LogP contribution in [0, 0.1) is 0 Å². The van der Waals surface area contributed by atoms with Gasteiger partial charge in [-0.15, -0.1) is 0 Å². The van der Waals surface area contributed by atoms with E-state index in [4.69, 9.17) is 9.47 Å².